The normalized spacial score (nSPS) is 10.7. The molecule has 0 bridgehead atoms. The summed E-state index contributed by atoms with van der Waals surface area (Å²) >= 11 is 2.81. The van der Waals surface area contributed by atoms with Gasteiger partial charge in [-0.15, -0.1) is 11.8 Å². The molecular weight excluding hydrogens is 336 g/mol. The van der Waals surface area contributed by atoms with E-state index in [1.165, 1.54) is 11.8 Å². The van der Waals surface area contributed by atoms with Gasteiger partial charge in [-0.2, -0.15) is 5.26 Å². The van der Waals surface area contributed by atoms with Gasteiger partial charge in [-0.05, 0) is 42.1 Å². The minimum absolute atomic E-state index is 0.00736. The van der Waals surface area contributed by atoms with Crippen LogP contribution in [0.1, 0.15) is 28.5 Å². The highest BCUT2D eigenvalue weighted by atomic mass is 32.2. The Bertz CT molecular complexity index is 939. The lowest BCUT2D eigenvalue weighted by molar-refractivity contribution is 0.108. The average molecular weight is 352 g/mol. The molecule has 120 valence electrons. The van der Waals surface area contributed by atoms with E-state index in [1.54, 1.807) is 11.8 Å². The molecule has 3 nitrogen and oxygen atoms in total. The van der Waals surface area contributed by atoms with Crippen LogP contribution in [-0.4, -0.2) is 15.3 Å². The lowest BCUT2D eigenvalue weighted by atomic mass is 10.2. The summed E-state index contributed by atoms with van der Waals surface area (Å²) in [6, 6.07) is 15.5. The summed E-state index contributed by atoms with van der Waals surface area (Å²) in [6.45, 7) is 4.06. The molecule has 24 heavy (non-hydrogen) atoms. The van der Waals surface area contributed by atoms with Gasteiger partial charge in [0.25, 0.3) is 0 Å². The number of benzene rings is 1. The maximum Gasteiger partial charge on any atom is 0.224 e. The first kappa shape index (κ1) is 16.7. The number of nitriles is 1. The third-order valence-corrected chi connectivity index (χ3v) is 5.75. The summed E-state index contributed by atoms with van der Waals surface area (Å²) in [4.78, 5) is 14.4. The van der Waals surface area contributed by atoms with Crippen LogP contribution in [-0.2, 0) is 0 Å². The fraction of sp³-hybridized carbons (Fsp3) is 0.158. The molecular formula is C19H16N2OS2. The molecule has 1 aromatic carbocycles. The van der Waals surface area contributed by atoms with Gasteiger partial charge in [-0.3, -0.25) is 4.79 Å². The predicted octanol–water partition coefficient (Wildman–Crippen LogP) is 5.16. The summed E-state index contributed by atoms with van der Waals surface area (Å²) in [5.41, 5.74) is 3.28. The van der Waals surface area contributed by atoms with Crippen LogP contribution < -0.4 is 0 Å². The number of carbonyl (C=O) groups is 1. The smallest absolute Gasteiger partial charge is 0.224 e. The van der Waals surface area contributed by atoms with Gasteiger partial charge >= 0.3 is 0 Å². The van der Waals surface area contributed by atoms with Crippen LogP contribution in [0.25, 0.3) is 5.52 Å². The van der Waals surface area contributed by atoms with E-state index in [0.29, 0.717) is 11.3 Å². The van der Waals surface area contributed by atoms with Gasteiger partial charge < -0.3 is 4.40 Å². The van der Waals surface area contributed by atoms with Crippen LogP contribution in [0.15, 0.2) is 58.5 Å². The van der Waals surface area contributed by atoms with Crippen molar-refractivity contribution in [2.45, 2.75) is 23.6 Å². The van der Waals surface area contributed by atoms with Crippen molar-refractivity contribution in [3.63, 3.8) is 0 Å². The molecule has 0 amide bonds. The zero-order valence-corrected chi connectivity index (χ0v) is 15.1. The Morgan fingerprint density at radius 3 is 2.62 bits per heavy atom. The highest BCUT2D eigenvalue weighted by Gasteiger charge is 2.21. The van der Waals surface area contributed by atoms with Gasteiger partial charge in [0.05, 0.1) is 15.3 Å². The van der Waals surface area contributed by atoms with Gasteiger partial charge in [0, 0.05) is 11.8 Å². The first-order valence-corrected chi connectivity index (χ1v) is 9.40. The molecule has 0 aliphatic rings. The van der Waals surface area contributed by atoms with Crippen molar-refractivity contribution in [2.24, 2.45) is 0 Å². The van der Waals surface area contributed by atoms with Crippen LogP contribution in [0.5, 0.6) is 0 Å². The number of aryl methyl sites for hydroxylation is 1. The molecule has 0 fully saturated rings. The number of fused-ring (bicyclic) bond motifs is 1. The second kappa shape index (κ2) is 7.16. The van der Waals surface area contributed by atoms with E-state index < -0.39 is 0 Å². The summed E-state index contributed by atoms with van der Waals surface area (Å²) in [5, 5.41) is 9.59. The van der Waals surface area contributed by atoms with Gasteiger partial charge in [-0.1, -0.05) is 37.3 Å². The van der Waals surface area contributed by atoms with E-state index in [-0.39, 0.29) is 5.12 Å². The summed E-state index contributed by atoms with van der Waals surface area (Å²) in [7, 11) is 0. The fourth-order valence-electron chi connectivity index (χ4n) is 2.52. The Balaban J connectivity index is 2.15. The van der Waals surface area contributed by atoms with Crippen molar-refractivity contribution in [1.82, 2.24) is 4.40 Å². The fourth-order valence-corrected chi connectivity index (χ4v) is 4.51. The molecule has 0 unspecified atom stereocenters. The molecule has 0 N–H and O–H groups in total. The summed E-state index contributed by atoms with van der Waals surface area (Å²) in [5.74, 6) is 0.845. The van der Waals surface area contributed by atoms with E-state index in [1.807, 2.05) is 66.9 Å². The molecule has 5 heteroatoms. The van der Waals surface area contributed by atoms with Gasteiger partial charge in [0.1, 0.15) is 11.8 Å². The maximum absolute atomic E-state index is 12.7. The summed E-state index contributed by atoms with van der Waals surface area (Å²) in [6.07, 6.45) is 1.90. The average Bonchev–Trinajstić information content (AvgIpc) is 2.88. The van der Waals surface area contributed by atoms with E-state index in [2.05, 4.69) is 6.07 Å². The van der Waals surface area contributed by atoms with Crippen LogP contribution in [0.2, 0.25) is 0 Å². The minimum atomic E-state index is -0.00736. The van der Waals surface area contributed by atoms with Gasteiger partial charge in [0.2, 0.25) is 5.12 Å². The lowest BCUT2D eigenvalue weighted by Gasteiger charge is -2.04. The van der Waals surface area contributed by atoms with Crippen LogP contribution in [0.4, 0.5) is 0 Å². The van der Waals surface area contributed by atoms with E-state index in [0.717, 1.165) is 26.6 Å². The lowest BCUT2D eigenvalue weighted by Crippen LogP contribution is -1.93. The number of thioether (sulfide) groups is 2. The monoisotopic (exact) mass is 352 g/mol. The number of nitrogens with zero attached hydrogens (tertiary/aromatic N) is 2. The van der Waals surface area contributed by atoms with Crippen molar-refractivity contribution >= 4 is 34.2 Å². The summed E-state index contributed by atoms with van der Waals surface area (Å²) < 4.78 is 1.88. The third kappa shape index (κ3) is 3.08. The number of carbonyl (C=O) groups excluding carboxylic acids is 1. The Labute approximate surface area is 149 Å². The largest absolute Gasteiger partial charge is 0.306 e. The highest BCUT2D eigenvalue weighted by Crippen LogP contribution is 2.40. The third-order valence-electron chi connectivity index (χ3n) is 3.60. The molecule has 2 heterocycles. The molecule has 0 spiro atoms. The molecule has 0 saturated carbocycles. The van der Waals surface area contributed by atoms with Crippen LogP contribution in [0.3, 0.4) is 0 Å². The molecule has 0 atom stereocenters. The number of hydrogen-bond acceptors (Lipinski definition) is 4. The molecule has 0 radical (unpaired) electrons. The molecule has 0 aliphatic carbocycles. The zero-order valence-electron chi connectivity index (χ0n) is 13.4. The van der Waals surface area contributed by atoms with E-state index >= 15 is 0 Å². The van der Waals surface area contributed by atoms with E-state index in [9.17, 15) is 10.1 Å². The first-order chi connectivity index (χ1) is 11.7. The van der Waals surface area contributed by atoms with Crippen molar-refractivity contribution in [3.8, 4) is 6.07 Å². The first-order valence-electron chi connectivity index (χ1n) is 7.60. The van der Waals surface area contributed by atoms with Gasteiger partial charge in [-0.25, -0.2) is 0 Å². The SMILES string of the molecule is CCSc1c(SC(=O)c2ccccc2)c2cc(C)ccn2c1C#N. The van der Waals surface area contributed by atoms with Crippen LogP contribution >= 0.6 is 23.5 Å². The molecule has 0 saturated heterocycles. The number of hydrogen-bond donors (Lipinski definition) is 0. The minimum Gasteiger partial charge on any atom is -0.306 e. The Morgan fingerprint density at radius 1 is 1.21 bits per heavy atom. The van der Waals surface area contributed by atoms with E-state index in [4.69, 9.17) is 0 Å². The second-order valence-corrected chi connectivity index (χ2v) is 7.52. The predicted molar refractivity (Wildman–Crippen MR) is 99.9 cm³/mol. The topological polar surface area (TPSA) is 45.3 Å². The van der Waals surface area contributed by atoms with Crippen LogP contribution in [0, 0.1) is 18.3 Å². The van der Waals surface area contributed by atoms with Crippen molar-refractivity contribution in [3.05, 3.63) is 65.5 Å². The zero-order chi connectivity index (χ0) is 17.1. The Hall–Kier alpha value is -2.16. The number of aromatic nitrogens is 1. The Morgan fingerprint density at radius 2 is 1.96 bits per heavy atom. The highest BCUT2D eigenvalue weighted by molar-refractivity contribution is 8.14. The molecule has 3 aromatic rings. The van der Waals surface area contributed by atoms with Gasteiger partial charge in [0.15, 0.2) is 0 Å². The molecule has 2 aromatic heterocycles. The Kier molecular flexibility index (Phi) is 4.98. The maximum atomic E-state index is 12.7. The van der Waals surface area contributed by atoms with Crippen molar-refractivity contribution in [2.75, 3.05) is 5.75 Å². The van der Waals surface area contributed by atoms with Crippen molar-refractivity contribution < 1.29 is 4.79 Å². The number of rotatable bonds is 4. The standard InChI is InChI=1S/C19H16N2OS2/c1-3-23-17-16(12-20)21-10-9-13(2)11-15(21)18(17)24-19(22)14-7-5-4-6-8-14/h4-11H,3H2,1-2H3. The molecule has 0 aliphatic heterocycles. The second-order valence-electron chi connectivity index (χ2n) is 5.27. The quantitative estimate of drug-likeness (QED) is 0.608. The van der Waals surface area contributed by atoms with Crippen molar-refractivity contribution in [1.29, 1.82) is 5.26 Å². The number of pyridine rings is 1. The molecule has 3 rings (SSSR count).